The molecule has 6 aliphatic rings. The lowest BCUT2D eigenvalue weighted by Crippen LogP contribution is -2.62. The van der Waals surface area contributed by atoms with Gasteiger partial charge in [0.15, 0.2) is 11.6 Å². The van der Waals surface area contributed by atoms with E-state index in [2.05, 4.69) is 90.4 Å². The number of piperidine rings is 2. The minimum atomic E-state index is -0.728. The summed E-state index contributed by atoms with van der Waals surface area (Å²) in [6.45, 7) is 5.23. The maximum Gasteiger partial charge on any atom is 0.168 e. The molecule has 9 heteroatoms. The molecule has 0 N–H and O–H groups in total. The van der Waals surface area contributed by atoms with E-state index >= 15 is 0 Å². The molecule has 2 aromatic heterocycles. The van der Waals surface area contributed by atoms with Gasteiger partial charge in [0.05, 0.1) is 38.7 Å². The Labute approximate surface area is 312 Å². The summed E-state index contributed by atoms with van der Waals surface area (Å²) >= 11 is 0. The number of carbonyl (C=O) groups is 1. The van der Waals surface area contributed by atoms with Crippen LogP contribution in [0.15, 0.2) is 48.2 Å². The van der Waals surface area contributed by atoms with E-state index in [1.165, 1.54) is 49.9 Å². The molecule has 0 aliphatic carbocycles. The number of methoxy groups -OCH3 is 2. The van der Waals surface area contributed by atoms with Gasteiger partial charge in [-0.1, -0.05) is 18.2 Å². The van der Waals surface area contributed by atoms with Gasteiger partial charge in [0.1, 0.15) is 5.75 Å². The van der Waals surface area contributed by atoms with Crippen molar-refractivity contribution in [3.8, 4) is 5.75 Å². The largest absolute Gasteiger partial charge is 0.500 e. The van der Waals surface area contributed by atoms with Crippen LogP contribution in [0.1, 0.15) is 66.9 Å². The van der Waals surface area contributed by atoms with Crippen molar-refractivity contribution in [1.29, 1.82) is 0 Å². The Kier molecular flexibility index (Phi) is 7.63. The highest BCUT2D eigenvalue weighted by Crippen LogP contribution is 2.57. The van der Waals surface area contributed by atoms with Crippen LogP contribution in [-0.4, -0.2) is 84.1 Å². The average molecular weight is 719 g/mol. The van der Waals surface area contributed by atoms with E-state index in [4.69, 9.17) is 18.9 Å². The minimum Gasteiger partial charge on any atom is -0.500 e. The first kappa shape index (κ1) is 33.9. The highest BCUT2D eigenvalue weighted by Gasteiger charge is 2.57. The van der Waals surface area contributed by atoms with Crippen LogP contribution in [0.25, 0.3) is 21.8 Å². The van der Waals surface area contributed by atoms with Gasteiger partial charge in [-0.25, -0.2) is 0 Å². The Bertz CT molecular complexity index is 2200. The van der Waals surface area contributed by atoms with Crippen LogP contribution in [0.5, 0.6) is 5.75 Å². The minimum absolute atomic E-state index is 0.127. The third-order valence-corrected chi connectivity index (χ3v) is 15.5. The second-order valence-electron chi connectivity index (χ2n) is 17.3. The number of aryl methyl sites for hydroxylation is 2. The number of para-hydroxylation sites is 1. The zero-order chi connectivity index (χ0) is 36.7. The van der Waals surface area contributed by atoms with Crippen molar-refractivity contribution in [3.05, 3.63) is 76.3 Å². The zero-order valence-electron chi connectivity index (χ0n) is 32.5. The van der Waals surface area contributed by atoms with Gasteiger partial charge in [-0.3, -0.25) is 14.6 Å². The van der Waals surface area contributed by atoms with E-state index in [9.17, 15) is 4.79 Å². The first-order chi connectivity index (χ1) is 25.6. The van der Waals surface area contributed by atoms with E-state index in [-0.39, 0.29) is 35.6 Å². The molecule has 3 saturated heterocycles. The number of ketones is 1. The molecule has 3 fully saturated rings. The maximum absolute atomic E-state index is 12.8. The van der Waals surface area contributed by atoms with Gasteiger partial charge in [-0.05, 0) is 101 Å². The Hall–Kier alpha value is -3.63. The number of benzene rings is 2. The van der Waals surface area contributed by atoms with Crippen molar-refractivity contribution in [1.82, 2.24) is 18.9 Å². The molecule has 2 aromatic carbocycles. The third kappa shape index (κ3) is 4.54. The molecular weight excluding hydrogens is 665 g/mol. The van der Waals surface area contributed by atoms with Crippen molar-refractivity contribution >= 4 is 27.6 Å². The lowest BCUT2D eigenvalue weighted by molar-refractivity contribution is -0.301. The number of carbonyl (C=O) groups excluding carboxylic acids is 1. The second kappa shape index (κ2) is 11.9. The van der Waals surface area contributed by atoms with E-state index in [1.807, 2.05) is 14.2 Å². The molecule has 1 unspecified atom stereocenters. The first-order valence-electron chi connectivity index (χ1n) is 19.7. The predicted octanol–water partition coefficient (Wildman–Crippen LogP) is 6.50. The molecule has 6 aliphatic heterocycles. The van der Waals surface area contributed by atoms with E-state index in [0.717, 1.165) is 43.4 Å². The van der Waals surface area contributed by atoms with Gasteiger partial charge in [-0.15, -0.1) is 0 Å². The molecule has 53 heavy (non-hydrogen) atoms. The molecule has 280 valence electrons. The number of allylic oxidation sites excluding steroid dienone is 1. The molecule has 9 nitrogen and oxygen atoms in total. The standard InChI is InChI=1S/C44H54N4O5/c1-23(49)30-20-52-21-31-25(30)16-38-43-29(19-37(31)46(38)4)41-28(40(50-7)14-13-35(41)48(43)6)15-33-26-17-39-42-27(24-11-9-10-12-34(24)47(42)5)18-36(45(39)3)32(26)22-53-44(33,2)51-8/h9-14,20,25-26,31-33,36-39H,15-19,21-22H2,1-8H3/t25-,26+,31+,32+,33+,36-,37-,38-,39-,44?/m0/s1. The van der Waals surface area contributed by atoms with Crippen LogP contribution in [0, 0.1) is 29.6 Å². The lowest BCUT2D eigenvalue weighted by atomic mass is 9.62. The summed E-state index contributed by atoms with van der Waals surface area (Å²) in [7, 11) is 12.8. The van der Waals surface area contributed by atoms with Crippen LogP contribution in [0.4, 0.5) is 0 Å². The molecular formula is C44H54N4O5. The molecule has 0 saturated carbocycles. The van der Waals surface area contributed by atoms with Crippen molar-refractivity contribution in [3.63, 3.8) is 0 Å². The number of ether oxygens (including phenoxy) is 4. The lowest BCUT2D eigenvalue weighted by Gasteiger charge is -2.58. The maximum atomic E-state index is 12.8. The van der Waals surface area contributed by atoms with Crippen LogP contribution < -0.4 is 4.74 Å². The Balaban J connectivity index is 1.09. The normalized spacial score (nSPS) is 34.9. The Morgan fingerprint density at radius 2 is 1.55 bits per heavy atom. The first-order valence-corrected chi connectivity index (χ1v) is 19.7. The van der Waals surface area contributed by atoms with Gasteiger partial charge >= 0.3 is 0 Å². The van der Waals surface area contributed by atoms with Crippen molar-refractivity contribution in [2.75, 3.05) is 41.5 Å². The number of hydrogen-bond donors (Lipinski definition) is 0. The zero-order valence-corrected chi connectivity index (χ0v) is 32.5. The summed E-state index contributed by atoms with van der Waals surface area (Å²) in [6, 6.07) is 14.6. The highest BCUT2D eigenvalue weighted by atomic mass is 16.7. The molecule has 10 rings (SSSR count). The van der Waals surface area contributed by atoms with Crippen LogP contribution >= 0.6 is 0 Å². The average Bonchev–Trinajstić information content (AvgIpc) is 3.59. The fourth-order valence-electron chi connectivity index (χ4n) is 12.8. The summed E-state index contributed by atoms with van der Waals surface area (Å²) < 4.78 is 30.5. The smallest absolute Gasteiger partial charge is 0.168 e. The monoisotopic (exact) mass is 718 g/mol. The summed E-state index contributed by atoms with van der Waals surface area (Å²) in [5.41, 5.74) is 10.5. The van der Waals surface area contributed by atoms with E-state index < -0.39 is 5.79 Å². The number of nitrogens with zero attached hydrogens (tertiary/aromatic N) is 4. The number of Topliss-reactive ketones (excluding diaryl/α,β-unsaturated/α-hetero) is 1. The molecule has 8 heterocycles. The number of hydrogen-bond acceptors (Lipinski definition) is 7. The van der Waals surface area contributed by atoms with Gasteiger partial charge in [0.2, 0.25) is 0 Å². The van der Waals surface area contributed by atoms with Crippen LogP contribution in [0.2, 0.25) is 0 Å². The van der Waals surface area contributed by atoms with Gasteiger partial charge in [0.25, 0.3) is 0 Å². The number of likely N-dealkylation sites (N-methyl/N-ethyl adjacent to an activating group) is 2. The third-order valence-electron chi connectivity index (χ3n) is 15.5. The summed E-state index contributed by atoms with van der Waals surface area (Å²) in [5, 5.41) is 2.74. The van der Waals surface area contributed by atoms with Gasteiger partial charge in [0, 0.05) is 95.4 Å². The fraction of sp³-hybridized carbons (Fsp3) is 0.568. The van der Waals surface area contributed by atoms with E-state index in [0.29, 0.717) is 37.1 Å². The molecule has 0 spiro atoms. The molecule has 10 atom stereocenters. The Morgan fingerprint density at radius 3 is 2.30 bits per heavy atom. The molecule has 4 bridgehead atoms. The summed E-state index contributed by atoms with van der Waals surface area (Å²) in [5.74, 6) is 1.78. The summed E-state index contributed by atoms with van der Waals surface area (Å²) in [6.07, 6.45) is 6.51. The SMILES string of the molecule is COc1ccc2c(c1C[C@@H]1[C@@H]3C[C@H]4c5c(c6ccccc6n5C)C[C@@H]([C@@H]3COC1(C)OC)N4C)c1c(n2C)[C@@H]2C[C@H]3C(C(C)=O)=COC[C@H]3[C@H](C1)N2C. The number of fused-ring (bicyclic) bond motifs is 16. The fourth-order valence-corrected chi connectivity index (χ4v) is 12.8. The van der Waals surface area contributed by atoms with Gasteiger partial charge in [-0.2, -0.15) is 0 Å². The highest BCUT2D eigenvalue weighted by molar-refractivity contribution is 5.94. The van der Waals surface area contributed by atoms with Gasteiger partial charge < -0.3 is 28.1 Å². The molecule has 4 aromatic rings. The van der Waals surface area contributed by atoms with Crippen LogP contribution in [0.3, 0.4) is 0 Å². The van der Waals surface area contributed by atoms with E-state index in [1.54, 1.807) is 13.2 Å². The predicted molar refractivity (Wildman–Crippen MR) is 205 cm³/mol. The van der Waals surface area contributed by atoms with Crippen molar-refractivity contribution in [2.24, 2.45) is 43.7 Å². The van der Waals surface area contributed by atoms with Crippen LogP contribution in [-0.2, 0) is 52.4 Å². The quantitative estimate of drug-likeness (QED) is 0.234. The topological polar surface area (TPSA) is 70.3 Å². The summed E-state index contributed by atoms with van der Waals surface area (Å²) in [4.78, 5) is 18.0. The Morgan fingerprint density at radius 1 is 0.849 bits per heavy atom. The van der Waals surface area contributed by atoms with Crippen molar-refractivity contribution < 1.29 is 23.7 Å². The van der Waals surface area contributed by atoms with Crippen molar-refractivity contribution in [2.45, 2.75) is 75.9 Å². The number of aromatic nitrogens is 2. The molecule has 0 amide bonds. The second-order valence-corrected chi connectivity index (χ2v) is 17.3. The number of rotatable bonds is 5. The molecule has 0 radical (unpaired) electrons.